The molecule has 1 unspecified atom stereocenters. The predicted octanol–water partition coefficient (Wildman–Crippen LogP) is 4.04. The summed E-state index contributed by atoms with van der Waals surface area (Å²) in [6.45, 7) is 2.28. The third kappa shape index (κ3) is 5.92. The molecule has 0 aliphatic heterocycles. The largest absolute Gasteiger partial charge is 0.346 e. The number of amides is 2. The van der Waals surface area contributed by atoms with Gasteiger partial charge in [-0.2, -0.15) is 0 Å². The summed E-state index contributed by atoms with van der Waals surface area (Å²) < 4.78 is 0. The highest BCUT2D eigenvalue weighted by Gasteiger charge is 2.14. The van der Waals surface area contributed by atoms with E-state index < -0.39 is 0 Å². The summed E-state index contributed by atoms with van der Waals surface area (Å²) in [5.74, 6) is -0.186. The highest BCUT2D eigenvalue weighted by molar-refractivity contribution is 5.96. The number of hydrogen-bond acceptors (Lipinski definition) is 3. The molecule has 3 N–H and O–H groups in total. The number of carbonyl (C=O) groups excluding carboxylic acids is 2. The maximum Gasteiger partial charge on any atom is 0.251 e. The summed E-state index contributed by atoms with van der Waals surface area (Å²) >= 11 is 0. The van der Waals surface area contributed by atoms with Crippen molar-refractivity contribution in [3.05, 3.63) is 65.7 Å². The van der Waals surface area contributed by atoms with Crippen molar-refractivity contribution in [1.82, 2.24) is 10.6 Å². The fraction of sp³-hybridized carbons (Fsp3) is 0.391. The van der Waals surface area contributed by atoms with Crippen molar-refractivity contribution in [2.75, 3.05) is 11.9 Å². The average Bonchev–Trinajstić information content (AvgIpc) is 2.74. The fourth-order valence-electron chi connectivity index (χ4n) is 3.56. The standard InChI is InChI=1S/C23H29N3O2/c1-17(18-8-4-2-5-9-18)25-23(28)19-12-14-21(15-13-19)26-22(27)16-24-20-10-6-3-7-11-20/h2,4-5,8-9,12-15,17,20,24H,3,6-7,10-11,16H2,1H3,(H,25,28)(H,26,27). The van der Waals surface area contributed by atoms with Crippen molar-refractivity contribution < 1.29 is 9.59 Å². The van der Waals surface area contributed by atoms with Crippen LogP contribution >= 0.6 is 0 Å². The van der Waals surface area contributed by atoms with E-state index in [1.54, 1.807) is 24.3 Å². The molecule has 1 aliphatic carbocycles. The maximum absolute atomic E-state index is 12.4. The van der Waals surface area contributed by atoms with Gasteiger partial charge in [-0.25, -0.2) is 0 Å². The molecule has 0 bridgehead atoms. The van der Waals surface area contributed by atoms with E-state index in [0.717, 1.165) is 18.4 Å². The lowest BCUT2D eigenvalue weighted by atomic mass is 9.95. The van der Waals surface area contributed by atoms with Gasteiger partial charge in [0.2, 0.25) is 5.91 Å². The lowest BCUT2D eigenvalue weighted by Gasteiger charge is -2.22. The van der Waals surface area contributed by atoms with E-state index in [0.29, 0.717) is 23.8 Å². The van der Waals surface area contributed by atoms with E-state index >= 15 is 0 Å². The molecule has 0 radical (unpaired) electrons. The van der Waals surface area contributed by atoms with Crippen molar-refractivity contribution in [3.63, 3.8) is 0 Å². The van der Waals surface area contributed by atoms with Gasteiger partial charge in [0.05, 0.1) is 12.6 Å². The number of benzene rings is 2. The summed E-state index contributed by atoms with van der Waals surface area (Å²) in [6, 6.07) is 17.2. The van der Waals surface area contributed by atoms with E-state index in [1.165, 1.54) is 19.3 Å². The van der Waals surface area contributed by atoms with Crippen LogP contribution in [0.4, 0.5) is 5.69 Å². The van der Waals surface area contributed by atoms with Crippen LogP contribution in [0.2, 0.25) is 0 Å². The highest BCUT2D eigenvalue weighted by atomic mass is 16.2. The topological polar surface area (TPSA) is 70.2 Å². The lowest BCUT2D eigenvalue weighted by molar-refractivity contribution is -0.115. The van der Waals surface area contributed by atoms with Gasteiger partial charge in [-0.3, -0.25) is 9.59 Å². The summed E-state index contributed by atoms with van der Waals surface area (Å²) in [6.07, 6.45) is 6.09. The summed E-state index contributed by atoms with van der Waals surface area (Å²) in [7, 11) is 0. The monoisotopic (exact) mass is 379 g/mol. The summed E-state index contributed by atoms with van der Waals surface area (Å²) in [5, 5.41) is 9.21. The zero-order chi connectivity index (χ0) is 19.8. The average molecular weight is 380 g/mol. The number of anilines is 1. The van der Waals surface area contributed by atoms with Gasteiger partial charge in [0.15, 0.2) is 0 Å². The minimum absolute atomic E-state index is 0.0551. The molecule has 2 aromatic carbocycles. The molecule has 3 rings (SSSR count). The van der Waals surface area contributed by atoms with E-state index in [1.807, 2.05) is 37.3 Å². The van der Waals surface area contributed by atoms with Crippen molar-refractivity contribution in [1.29, 1.82) is 0 Å². The van der Waals surface area contributed by atoms with Crippen molar-refractivity contribution in [2.45, 2.75) is 51.1 Å². The zero-order valence-corrected chi connectivity index (χ0v) is 16.4. The minimum Gasteiger partial charge on any atom is -0.346 e. The van der Waals surface area contributed by atoms with Crippen LogP contribution in [0.1, 0.15) is 61.0 Å². The first-order valence-electron chi connectivity index (χ1n) is 10.1. The summed E-state index contributed by atoms with van der Waals surface area (Å²) in [5.41, 5.74) is 2.33. The van der Waals surface area contributed by atoms with Gasteiger partial charge in [-0.15, -0.1) is 0 Å². The molecule has 28 heavy (non-hydrogen) atoms. The molecule has 5 heteroatoms. The normalized spacial score (nSPS) is 15.6. The van der Waals surface area contributed by atoms with Gasteiger partial charge >= 0.3 is 0 Å². The van der Waals surface area contributed by atoms with Crippen LogP contribution in [0.5, 0.6) is 0 Å². The first-order valence-corrected chi connectivity index (χ1v) is 10.1. The molecule has 0 spiro atoms. The lowest BCUT2D eigenvalue weighted by Crippen LogP contribution is -2.37. The number of nitrogens with one attached hydrogen (secondary N) is 3. The Balaban J connectivity index is 1.47. The van der Waals surface area contributed by atoms with E-state index in [2.05, 4.69) is 16.0 Å². The van der Waals surface area contributed by atoms with Crippen molar-refractivity contribution in [3.8, 4) is 0 Å². The Hall–Kier alpha value is -2.66. The molecule has 1 saturated carbocycles. The van der Waals surface area contributed by atoms with Crippen LogP contribution < -0.4 is 16.0 Å². The summed E-state index contributed by atoms with van der Waals surface area (Å²) in [4.78, 5) is 24.6. The molecule has 5 nitrogen and oxygen atoms in total. The molecule has 0 saturated heterocycles. The van der Waals surface area contributed by atoms with Gasteiger partial charge in [-0.1, -0.05) is 49.6 Å². The fourth-order valence-corrected chi connectivity index (χ4v) is 3.56. The molecule has 148 valence electrons. The number of carbonyl (C=O) groups is 2. The van der Waals surface area contributed by atoms with Gasteiger partial charge < -0.3 is 16.0 Å². The second-order valence-electron chi connectivity index (χ2n) is 7.45. The molecular weight excluding hydrogens is 350 g/mol. The van der Waals surface area contributed by atoms with Crippen LogP contribution in [0.15, 0.2) is 54.6 Å². The van der Waals surface area contributed by atoms with Crippen LogP contribution in [0, 0.1) is 0 Å². The number of hydrogen-bond donors (Lipinski definition) is 3. The maximum atomic E-state index is 12.4. The molecular formula is C23H29N3O2. The van der Waals surface area contributed by atoms with Gasteiger partial charge in [-0.05, 0) is 49.6 Å². The smallest absolute Gasteiger partial charge is 0.251 e. The second-order valence-corrected chi connectivity index (χ2v) is 7.45. The SMILES string of the molecule is CC(NC(=O)c1ccc(NC(=O)CNC2CCCCC2)cc1)c1ccccc1. The number of rotatable bonds is 7. The van der Waals surface area contributed by atoms with Gasteiger partial charge in [0.1, 0.15) is 0 Å². The van der Waals surface area contributed by atoms with Crippen molar-refractivity contribution in [2.24, 2.45) is 0 Å². The van der Waals surface area contributed by atoms with Crippen molar-refractivity contribution >= 4 is 17.5 Å². The molecule has 1 atom stereocenters. The third-order valence-electron chi connectivity index (χ3n) is 5.23. The molecule has 0 heterocycles. The third-order valence-corrected chi connectivity index (χ3v) is 5.23. The van der Waals surface area contributed by atoms with Crippen LogP contribution in [-0.4, -0.2) is 24.4 Å². The Morgan fingerprint density at radius 2 is 1.64 bits per heavy atom. The Labute approximate surface area is 166 Å². The van der Waals surface area contributed by atoms with Crippen LogP contribution in [0.3, 0.4) is 0 Å². The molecule has 1 aliphatic rings. The molecule has 2 aromatic rings. The molecule has 2 amide bonds. The predicted molar refractivity (Wildman–Crippen MR) is 112 cm³/mol. The zero-order valence-electron chi connectivity index (χ0n) is 16.4. The first kappa shape index (κ1) is 20.1. The molecule has 1 fully saturated rings. The Kier molecular flexibility index (Phi) is 7.20. The highest BCUT2D eigenvalue weighted by Crippen LogP contribution is 2.17. The van der Waals surface area contributed by atoms with Crippen LogP contribution in [0.25, 0.3) is 0 Å². The van der Waals surface area contributed by atoms with E-state index in [-0.39, 0.29) is 17.9 Å². The Morgan fingerprint density at radius 1 is 0.964 bits per heavy atom. The minimum atomic E-state index is -0.131. The van der Waals surface area contributed by atoms with Crippen LogP contribution in [-0.2, 0) is 4.79 Å². The Bertz CT molecular complexity index is 768. The molecule has 0 aromatic heterocycles. The first-order chi connectivity index (χ1) is 13.6. The van der Waals surface area contributed by atoms with E-state index in [9.17, 15) is 9.59 Å². The van der Waals surface area contributed by atoms with Gasteiger partial charge in [0, 0.05) is 17.3 Å². The van der Waals surface area contributed by atoms with E-state index in [4.69, 9.17) is 0 Å². The van der Waals surface area contributed by atoms with Gasteiger partial charge in [0.25, 0.3) is 5.91 Å². The quantitative estimate of drug-likeness (QED) is 0.680. The Morgan fingerprint density at radius 3 is 2.32 bits per heavy atom. The second kappa shape index (κ2) is 10.0.